The van der Waals surface area contributed by atoms with Crippen molar-refractivity contribution in [1.82, 2.24) is 4.90 Å². The lowest BCUT2D eigenvalue weighted by atomic mass is 9.91. The van der Waals surface area contributed by atoms with Crippen LogP contribution in [-0.4, -0.2) is 29.9 Å². The molecule has 3 nitrogen and oxygen atoms in total. The van der Waals surface area contributed by atoms with Gasteiger partial charge in [-0.3, -0.25) is 4.79 Å². The zero-order valence-electron chi connectivity index (χ0n) is 9.49. The average molecular weight is 198 g/mol. The van der Waals surface area contributed by atoms with Crippen molar-refractivity contribution in [1.29, 1.82) is 0 Å². The van der Waals surface area contributed by atoms with Crippen LogP contribution in [-0.2, 0) is 4.79 Å². The van der Waals surface area contributed by atoms with Crippen LogP contribution in [0.3, 0.4) is 0 Å². The number of hydrogen-bond donors (Lipinski definition) is 1. The Morgan fingerprint density at radius 1 is 1.57 bits per heavy atom. The third-order valence-corrected chi connectivity index (χ3v) is 3.43. The number of piperidine rings is 1. The first kappa shape index (κ1) is 11.5. The quantitative estimate of drug-likeness (QED) is 0.725. The average Bonchev–Trinajstić information content (AvgIpc) is 2.20. The number of hydrogen-bond acceptors (Lipinski definition) is 2. The largest absolute Gasteiger partial charge is 0.339 e. The summed E-state index contributed by atoms with van der Waals surface area (Å²) in [5.74, 6) is 0.826. The second-order valence-corrected chi connectivity index (χ2v) is 4.53. The van der Waals surface area contributed by atoms with E-state index < -0.39 is 0 Å². The molecule has 1 amide bonds. The first-order valence-corrected chi connectivity index (χ1v) is 5.58. The van der Waals surface area contributed by atoms with Crippen molar-refractivity contribution in [3.8, 4) is 0 Å². The lowest BCUT2D eigenvalue weighted by Crippen LogP contribution is -2.49. The van der Waals surface area contributed by atoms with Crippen LogP contribution in [0, 0.1) is 11.8 Å². The van der Waals surface area contributed by atoms with Crippen LogP contribution < -0.4 is 5.73 Å². The van der Waals surface area contributed by atoms with Gasteiger partial charge in [-0.15, -0.1) is 0 Å². The van der Waals surface area contributed by atoms with Gasteiger partial charge in [0.15, 0.2) is 0 Å². The van der Waals surface area contributed by atoms with E-state index in [0.717, 1.165) is 13.0 Å². The summed E-state index contributed by atoms with van der Waals surface area (Å²) in [5.41, 5.74) is 5.51. The summed E-state index contributed by atoms with van der Waals surface area (Å²) in [6.07, 6.45) is 2.37. The van der Waals surface area contributed by atoms with E-state index in [1.807, 2.05) is 11.8 Å². The van der Waals surface area contributed by atoms with E-state index in [9.17, 15) is 4.79 Å². The van der Waals surface area contributed by atoms with Gasteiger partial charge in [0, 0.05) is 25.0 Å². The van der Waals surface area contributed by atoms with Crippen molar-refractivity contribution in [2.24, 2.45) is 17.6 Å². The molecule has 0 spiro atoms. The Bertz CT molecular complexity index is 205. The van der Waals surface area contributed by atoms with Crippen LogP contribution in [0.4, 0.5) is 0 Å². The lowest BCUT2D eigenvalue weighted by molar-refractivity contribution is -0.139. The molecule has 0 aliphatic carbocycles. The van der Waals surface area contributed by atoms with Gasteiger partial charge in [-0.05, 0) is 25.7 Å². The maximum atomic E-state index is 11.9. The SMILES string of the molecule is CC(CN)C(=O)N1CCCC(C)C1C. The van der Waals surface area contributed by atoms with Crippen molar-refractivity contribution in [3.05, 3.63) is 0 Å². The number of amides is 1. The molecule has 1 aliphatic rings. The second kappa shape index (κ2) is 4.78. The fraction of sp³-hybridized carbons (Fsp3) is 0.909. The Morgan fingerprint density at radius 2 is 2.21 bits per heavy atom. The molecule has 3 atom stereocenters. The van der Waals surface area contributed by atoms with Gasteiger partial charge in [0.25, 0.3) is 0 Å². The van der Waals surface area contributed by atoms with Crippen LogP contribution in [0.15, 0.2) is 0 Å². The Labute approximate surface area is 86.6 Å². The number of carbonyl (C=O) groups excluding carboxylic acids is 1. The fourth-order valence-corrected chi connectivity index (χ4v) is 2.03. The molecular weight excluding hydrogens is 176 g/mol. The van der Waals surface area contributed by atoms with Gasteiger partial charge in [0.1, 0.15) is 0 Å². The van der Waals surface area contributed by atoms with E-state index in [4.69, 9.17) is 5.73 Å². The summed E-state index contributed by atoms with van der Waals surface area (Å²) in [6.45, 7) is 7.64. The molecule has 1 aliphatic heterocycles. The second-order valence-electron chi connectivity index (χ2n) is 4.53. The van der Waals surface area contributed by atoms with E-state index in [0.29, 0.717) is 18.5 Å². The van der Waals surface area contributed by atoms with E-state index >= 15 is 0 Å². The molecule has 0 bridgehead atoms. The summed E-state index contributed by atoms with van der Waals surface area (Å²) < 4.78 is 0. The van der Waals surface area contributed by atoms with Crippen molar-refractivity contribution in [2.75, 3.05) is 13.1 Å². The molecule has 0 aromatic carbocycles. The van der Waals surface area contributed by atoms with Crippen molar-refractivity contribution < 1.29 is 4.79 Å². The zero-order valence-corrected chi connectivity index (χ0v) is 9.49. The molecule has 3 heteroatoms. The van der Waals surface area contributed by atoms with Gasteiger partial charge in [-0.2, -0.15) is 0 Å². The molecule has 1 heterocycles. The van der Waals surface area contributed by atoms with Gasteiger partial charge in [-0.25, -0.2) is 0 Å². The molecule has 3 unspecified atom stereocenters. The molecule has 14 heavy (non-hydrogen) atoms. The number of rotatable bonds is 2. The van der Waals surface area contributed by atoms with Crippen LogP contribution in [0.2, 0.25) is 0 Å². The highest BCUT2D eigenvalue weighted by atomic mass is 16.2. The fourth-order valence-electron chi connectivity index (χ4n) is 2.03. The Kier molecular flexibility index (Phi) is 3.93. The van der Waals surface area contributed by atoms with Crippen molar-refractivity contribution in [2.45, 2.75) is 39.7 Å². The summed E-state index contributed by atoms with van der Waals surface area (Å²) in [4.78, 5) is 13.9. The normalized spacial score (nSPS) is 30.1. The smallest absolute Gasteiger partial charge is 0.226 e. The molecule has 0 aromatic rings. The third kappa shape index (κ3) is 2.27. The predicted octanol–water partition coefficient (Wildman–Crippen LogP) is 1.23. The number of likely N-dealkylation sites (tertiary alicyclic amines) is 1. The summed E-state index contributed by atoms with van der Waals surface area (Å²) in [6, 6.07) is 0.380. The van der Waals surface area contributed by atoms with Gasteiger partial charge >= 0.3 is 0 Å². The van der Waals surface area contributed by atoms with Crippen molar-refractivity contribution >= 4 is 5.91 Å². The minimum absolute atomic E-state index is 0.0252. The molecule has 1 rings (SSSR count). The van der Waals surface area contributed by atoms with E-state index in [2.05, 4.69) is 13.8 Å². The molecule has 0 saturated carbocycles. The highest BCUT2D eigenvalue weighted by molar-refractivity contribution is 5.79. The van der Waals surface area contributed by atoms with E-state index in [1.54, 1.807) is 0 Å². The number of carbonyl (C=O) groups is 1. The maximum Gasteiger partial charge on any atom is 0.226 e. The topological polar surface area (TPSA) is 46.3 Å². The van der Waals surface area contributed by atoms with Crippen LogP contribution in [0.1, 0.15) is 33.6 Å². The Morgan fingerprint density at radius 3 is 2.79 bits per heavy atom. The molecule has 0 radical (unpaired) electrons. The minimum atomic E-state index is -0.0252. The van der Waals surface area contributed by atoms with Gasteiger partial charge in [-0.1, -0.05) is 13.8 Å². The third-order valence-electron chi connectivity index (χ3n) is 3.43. The highest BCUT2D eigenvalue weighted by Crippen LogP contribution is 2.23. The molecule has 1 fully saturated rings. The van der Waals surface area contributed by atoms with Gasteiger partial charge in [0.2, 0.25) is 5.91 Å². The number of nitrogens with two attached hydrogens (primary N) is 1. The molecule has 1 saturated heterocycles. The zero-order chi connectivity index (χ0) is 10.7. The Hall–Kier alpha value is -0.570. The van der Waals surface area contributed by atoms with E-state index in [-0.39, 0.29) is 11.8 Å². The van der Waals surface area contributed by atoms with Crippen LogP contribution in [0.25, 0.3) is 0 Å². The molecule has 2 N–H and O–H groups in total. The lowest BCUT2D eigenvalue weighted by Gasteiger charge is -2.39. The van der Waals surface area contributed by atoms with Crippen LogP contribution in [0.5, 0.6) is 0 Å². The summed E-state index contributed by atoms with van der Waals surface area (Å²) >= 11 is 0. The first-order chi connectivity index (χ1) is 6.57. The molecule has 82 valence electrons. The molecule has 0 aromatic heterocycles. The minimum Gasteiger partial charge on any atom is -0.339 e. The molecular formula is C11H22N2O. The van der Waals surface area contributed by atoms with Gasteiger partial charge < -0.3 is 10.6 Å². The summed E-state index contributed by atoms with van der Waals surface area (Å²) in [5, 5.41) is 0. The number of nitrogens with zero attached hydrogens (tertiary/aromatic N) is 1. The van der Waals surface area contributed by atoms with Crippen molar-refractivity contribution in [3.63, 3.8) is 0 Å². The van der Waals surface area contributed by atoms with Crippen LogP contribution >= 0.6 is 0 Å². The standard InChI is InChI=1S/C11H22N2O/c1-8-5-4-6-13(10(8)3)11(14)9(2)7-12/h8-10H,4-7,12H2,1-3H3. The Balaban J connectivity index is 2.62. The highest BCUT2D eigenvalue weighted by Gasteiger charge is 2.30. The summed E-state index contributed by atoms with van der Waals surface area (Å²) in [7, 11) is 0. The van der Waals surface area contributed by atoms with E-state index in [1.165, 1.54) is 6.42 Å². The first-order valence-electron chi connectivity index (χ1n) is 5.58. The maximum absolute atomic E-state index is 11.9. The van der Waals surface area contributed by atoms with Gasteiger partial charge in [0.05, 0.1) is 0 Å². The predicted molar refractivity (Wildman–Crippen MR) is 57.8 cm³/mol. The monoisotopic (exact) mass is 198 g/mol.